The van der Waals surface area contributed by atoms with Crippen molar-refractivity contribution >= 4 is 10.9 Å². The number of imidazole rings is 1. The highest BCUT2D eigenvalue weighted by Crippen LogP contribution is 2.27. The van der Waals surface area contributed by atoms with Crippen LogP contribution in [0.1, 0.15) is 5.56 Å². The summed E-state index contributed by atoms with van der Waals surface area (Å²) < 4.78 is 0. The molecule has 17 heavy (non-hydrogen) atoms. The SMILES string of the molecule is Cc1cc(O)c2nc(-c3cnc[nH]3)ccc2c1. The van der Waals surface area contributed by atoms with Crippen LogP contribution in [0.3, 0.4) is 0 Å². The largest absolute Gasteiger partial charge is 0.506 e. The molecule has 3 aromatic rings. The number of phenols is 1. The summed E-state index contributed by atoms with van der Waals surface area (Å²) in [7, 11) is 0. The van der Waals surface area contributed by atoms with Crippen molar-refractivity contribution in [1.29, 1.82) is 0 Å². The van der Waals surface area contributed by atoms with E-state index in [1.807, 2.05) is 25.1 Å². The summed E-state index contributed by atoms with van der Waals surface area (Å²) in [5.41, 5.74) is 3.25. The Morgan fingerprint density at radius 3 is 2.88 bits per heavy atom. The number of rotatable bonds is 1. The molecule has 3 rings (SSSR count). The predicted octanol–water partition coefficient (Wildman–Crippen LogP) is 2.64. The molecule has 0 aliphatic heterocycles. The van der Waals surface area contributed by atoms with Gasteiger partial charge in [-0.3, -0.25) is 0 Å². The maximum Gasteiger partial charge on any atom is 0.142 e. The highest BCUT2D eigenvalue weighted by molar-refractivity contribution is 5.86. The zero-order valence-electron chi connectivity index (χ0n) is 9.31. The predicted molar refractivity (Wildman–Crippen MR) is 65.7 cm³/mol. The van der Waals surface area contributed by atoms with Gasteiger partial charge in [0.25, 0.3) is 0 Å². The fourth-order valence-electron chi connectivity index (χ4n) is 1.91. The van der Waals surface area contributed by atoms with Crippen molar-refractivity contribution in [2.75, 3.05) is 0 Å². The van der Waals surface area contributed by atoms with Crippen molar-refractivity contribution in [3.05, 3.63) is 42.4 Å². The van der Waals surface area contributed by atoms with Gasteiger partial charge in [0.1, 0.15) is 11.3 Å². The van der Waals surface area contributed by atoms with Crippen LogP contribution < -0.4 is 0 Å². The van der Waals surface area contributed by atoms with Gasteiger partial charge in [0.15, 0.2) is 0 Å². The van der Waals surface area contributed by atoms with Gasteiger partial charge in [0.05, 0.1) is 23.9 Å². The molecule has 0 radical (unpaired) electrons. The Hall–Kier alpha value is -2.36. The minimum atomic E-state index is 0.210. The third-order valence-electron chi connectivity index (χ3n) is 2.69. The third-order valence-corrected chi connectivity index (χ3v) is 2.69. The lowest BCUT2D eigenvalue weighted by molar-refractivity contribution is 0.480. The number of aromatic hydroxyl groups is 1. The smallest absolute Gasteiger partial charge is 0.142 e. The number of hydrogen-bond acceptors (Lipinski definition) is 3. The van der Waals surface area contributed by atoms with E-state index in [4.69, 9.17) is 0 Å². The van der Waals surface area contributed by atoms with E-state index < -0.39 is 0 Å². The second-order valence-corrected chi connectivity index (χ2v) is 4.02. The zero-order chi connectivity index (χ0) is 11.8. The van der Waals surface area contributed by atoms with Gasteiger partial charge in [0, 0.05) is 5.39 Å². The molecule has 4 nitrogen and oxygen atoms in total. The normalized spacial score (nSPS) is 10.9. The second-order valence-electron chi connectivity index (χ2n) is 4.02. The van der Waals surface area contributed by atoms with Crippen LogP contribution in [-0.2, 0) is 0 Å². The van der Waals surface area contributed by atoms with E-state index in [0.717, 1.165) is 22.3 Å². The zero-order valence-corrected chi connectivity index (χ0v) is 9.31. The van der Waals surface area contributed by atoms with Crippen LogP contribution in [0.5, 0.6) is 5.75 Å². The van der Waals surface area contributed by atoms with E-state index in [1.165, 1.54) is 0 Å². The van der Waals surface area contributed by atoms with Crippen molar-refractivity contribution in [1.82, 2.24) is 15.0 Å². The van der Waals surface area contributed by atoms with Crippen LogP contribution in [-0.4, -0.2) is 20.1 Å². The third kappa shape index (κ3) is 1.63. The van der Waals surface area contributed by atoms with Crippen LogP contribution in [0.25, 0.3) is 22.3 Å². The topological polar surface area (TPSA) is 61.8 Å². The van der Waals surface area contributed by atoms with Gasteiger partial charge >= 0.3 is 0 Å². The standard InChI is InChI=1S/C13H11N3O/c1-8-4-9-2-3-10(11-6-14-7-15-11)16-13(9)12(17)5-8/h2-7,17H,1H3,(H,14,15). The summed E-state index contributed by atoms with van der Waals surface area (Å²) in [6.07, 6.45) is 3.32. The number of hydrogen-bond donors (Lipinski definition) is 2. The Morgan fingerprint density at radius 1 is 1.24 bits per heavy atom. The molecule has 4 heteroatoms. The molecule has 84 valence electrons. The quantitative estimate of drug-likeness (QED) is 0.669. The molecule has 2 N–H and O–H groups in total. The van der Waals surface area contributed by atoms with Gasteiger partial charge in [0.2, 0.25) is 0 Å². The number of benzene rings is 1. The van der Waals surface area contributed by atoms with Crippen LogP contribution in [0.2, 0.25) is 0 Å². The van der Waals surface area contributed by atoms with Gasteiger partial charge in [-0.15, -0.1) is 0 Å². The number of aromatic amines is 1. The monoisotopic (exact) mass is 225 g/mol. The maximum absolute atomic E-state index is 9.89. The molecule has 0 aliphatic rings. The number of H-pyrrole nitrogens is 1. The first-order valence-electron chi connectivity index (χ1n) is 5.33. The Bertz CT molecular complexity index is 674. The van der Waals surface area contributed by atoms with Crippen molar-refractivity contribution in [2.24, 2.45) is 0 Å². The van der Waals surface area contributed by atoms with E-state index in [1.54, 1.807) is 18.6 Å². The highest BCUT2D eigenvalue weighted by atomic mass is 16.3. The van der Waals surface area contributed by atoms with E-state index >= 15 is 0 Å². The first-order valence-corrected chi connectivity index (χ1v) is 5.33. The molecular formula is C13H11N3O. The second kappa shape index (κ2) is 3.59. The van der Waals surface area contributed by atoms with Crippen molar-refractivity contribution in [3.8, 4) is 17.1 Å². The summed E-state index contributed by atoms with van der Waals surface area (Å²) in [4.78, 5) is 11.4. The molecule has 2 heterocycles. The molecule has 1 aromatic carbocycles. The lowest BCUT2D eigenvalue weighted by Gasteiger charge is -2.04. The van der Waals surface area contributed by atoms with Crippen LogP contribution >= 0.6 is 0 Å². The highest BCUT2D eigenvalue weighted by Gasteiger charge is 2.06. The number of nitrogens with one attached hydrogen (secondary N) is 1. The van der Waals surface area contributed by atoms with Crippen molar-refractivity contribution in [3.63, 3.8) is 0 Å². The Labute approximate surface area is 98.0 Å². The lowest BCUT2D eigenvalue weighted by Crippen LogP contribution is -1.86. The van der Waals surface area contributed by atoms with E-state index in [9.17, 15) is 5.11 Å². The minimum Gasteiger partial charge on any atom is -0.506 e. The van der Waals surface area contributed by atoms with E-state index in [2.05, 4.69) is 15.0 Å². The van der Waals surface area contributed by atoms with Crippen molar-refractivity contribution in [2.45, 2.75) is 6.92 Å². The number of phenolic OH excluding ortho intramolecular Hbond substituents is 1. The van der Waals surface area contributed by atoms with Crippen LogP contribution in [0, 0.1) is 6.92 Å². The molecule has 0 bridgehead atoms. The molecule has 0 saturated heterocycles. The molecule has 0 spiro atoms. The average Bonchev–Trinajstić information content (AvgIpc) is 2.82. The molecule has 0 saturated carbocycles. The van der Waals surface area contributed by atoms with Gasteiger partial charge in [-0.1, -0.05) is 6.07 Å². The summed E-state index contributed by atoms with van der Waals surface area (Å²) >= 11 is 0. The lowest BCUT2D eigenvalue weighted by atomic mass is 10.1. The molecule has 0 fully saturated rings. The summed E-state index contributed by atoms with van der Waals surface area (Å²) in [6, 6.07) is 7.57. The van der Waals surface area contributed by atoms with Crippen LogP contribution in [0.15, 0.2) is 36.8 Å². The Kier molecular flexibility index (Phi) is 2.08. The number of aryl methyl sites for hydroxylation is 1. The molecular weight excluding hydrogens is 214 g/mol. The summed E-state index contributed by atoms with van der Waals surface area (Å²) in [6.45, 7) is 1.95. The molecule has 2 aromatic heterocycles. The van der Waals surface area contributed by atoms with E-state index in [-0.39, 0.29) is 5.75 Å². The van der Waals surface area contributed by atoms with Gasteiger partial charge < -0.3 is 10.1 Å². The first kappa shape index (κ1) is 9.84. The fourth-order valence-corrected chi connectivity index (χ4v) is 1.91. The molecule has 0 aliphatic carbocycles. The Morgan fingerprint density at radius 2 is 2.12 bits per heavy atom. The number of aromatic nitrogens is 3. The van der Waals surface area contributed by atoms with Gasteiger partial charge in [-0.05, 0) is 30.7 Å². The number of nitrogens with zero attached hydrogens (tertiary/aromatic N) is 2. The van der Waals surface area contributed by atoms with Gasteiger partial charge in [-0.25, -0.2) is 9.97 Å². The van der Waals surface area contributed by atoms with Crippen molar-refractivity contribution < 1.29 is 5.11 Å². The minimum absolute atomic E-state index is 0.210. The molecule has 0 atom stereocenters. The Balaban J connectivity index is 2.26. The average molecular weight is 225 g/mol. The van der Waals surface area contributed by atoms with E-state index in [0.29, 0.717) is 5.52 Å². The van der Waals surface area contributed by atoms with Gasteiger partial charge in [-0.2, -0.15) is 0 Å². The maximum atomic E-state index is 9.89. The molecule has 0 unspecified atom stereocenters. The fraction of sp³-hybridized carbons (Fsp3) is 0.0769. The number of pyridine rings is 1. The van der Waals surface area contributed by atoms with Crippen LogP contribution in [0.4, 0.5) is 0 Å². The summed E-state index contributed by atoms with van der Waals surface area (Å²) in [5, 5.41) is 10.8. The number of fused-ring (bicyclic) bond motifs is 1. The summed E-state index contributed by atoms with van der Waals surface area (Å²) in [5.74, 6) is 0.210. The first-order chi connectivity index (χ1) is 8.24. The molecule has 0 amide bonds.